The monoisotopic (exact) mass is 325 g/mol. The van der Waals surface area contributed by atoms with Crippen LogP contribution in [0.4, 0.5) is 0 Å². The van der Waals surface area contributed by atoms with E-state index in [-0.39, 0.29) is 11.6 Å². The second-order valence-electron chi connectivity index (χ2n) is 3.34. The lowest BCUT2D eigenvalue weighted by Gasteiger charge is -2.12. The topological polar surface area (TPSA) is 101 Å². The molecular weight excluding hydrogens is 314 g/mol. The first kappa shape index (κ1) is 14.1. The fourth-order valence-electron chi connectivity index (χ4n) is 1.17. The summed E-state index contributed by atoms with van der Waals surface area (Å²) < 4.78 is 27.6. The largest absolute Gasteiger partial charge is 0.480 e. The van der Waals surface area contributed by atoms with Crippen LogP contribution in [0.25, 0.3) is 0 Å². The highest BCUT2D eigenvalue weighted by atomic mass is 79.9. The van der Waals surface area contributed by atoms with Crippen LogP contribution in [0.1, 0.15) is 13.3 Å². The first-order valence-electron chi connectivity index (χ1n) is 4.72. The molecule has 1 aromatic rings. The number of rotatable bonds is 5. The molecule has 1 rings (SSSR count). The highest BCUT2D eigenvalue weighted by Gasteiger charge is 2.27. The van der Waals surface area contributed by atoms with E-state index < -0.39 is 22.0 Å². The van der Waals surface area contributed by atoms with Crippen molar-refractivity contribution in [2.45, 2.75) is 24.5 Å². The van der Waals surface area contributed by atoms with Crippen molar-refractivity contribution in [3.05, 3.63) is 10.8 Å². The summed E-state index contributed by atoms with van der Waals surface area (Å²) in [6.45, 7) is 1.58. The molecule has 96 valence electrons. The number of hydrogen-bond donors (Lipinski definition) is 2. The average molecular weight is 326 g/mol. The summed E-state index contributed by atoms with van der Waals surface area (Å²) in [6.07, 6.45) is 1.48. The molecule has 0 saturated carbocycles. The standard InChI is InChI=1S/C8H12BrN3O4S/c1-3-5(7(13)14)11-17(15,16)8-10-4-6(9)12(8)2/h4-5,11H,3H2,1-2H3,(H,13,14)/t5-/m1/s1. The van der Waals surface area contributed by atoms with Gasteiger partial charge in [0.05, 0.1) is 6.20 Å². The van der Waals surface area contributed by atoms with Gasteiger partial charge in [-0.25, -0.2) is 13.4 Å². The van der Waals surface area contributed by atoms with E-state index in [4.69, 9.17) is 5.11 Å². The number of nitrogens with zero attached hydrogens (tertiary/aromatic N) is 2. The zero-order valence-electron chi connectivity index (χ0n) is 9.21. The highest BCUT2D eigenvalue weighted by molar-refractivity contribution is 9.10. The molecule has 2 N–H and O–H groups in total. The van der Waals surface area contributed by atoms with Crippen molar-refractivity contribution in [2.75, 3.05) is 0 Å². The number of halogens is 1. The molecule has 0 spiro atoms. The first-order chi connectivity index (χ1) is 7.79. The van der Waals surface area contributed by atoms with Gasteiger partial charge in [-0.15, -0.1) is 0 Å². The van der Waals surface area contributed by atoms with E-state index in [0.717, 1.165) is 0 Å². The maximum absolute atomic E-state index is 11.9. The molecule has 0 saturated heterocycles. The smallest absolute Gasteiger partial charge is 0.321 e. The number of aromatic nitrogens is 2. The molecule has 0 amide bonds. The number of sulfonamides is 1. The van der Waals surface area contributed by atoms with Gasteiger partial charge in [0.25, 0.3) is 10.0 Å². The molecule has 0 aliphatic rings. The zero-order chi connectivity index (χ0) is 13.2. The van der Waals surface area contributed by atoms with Crippen molar-refractivity contribution < 1.29 is 18.3 Å². The molecule has 0 aromatic carbocycles. The summed E-state index contributed by atoms with van der Waals surface area (Å²) in [7, 11) is -2.43. The number of nitrogens with one attached hydrogen (secondary N) is 1. The Balaban J connectivity index is 3.04. The van der Waals surface area contributed by atoms with E-state index in [0.29, 0.717) is 4.60 Å². The van der Waals surface area contributed by atoms with E-state index in [1.807, 2.05) is 0 Å². The summed E-state index contributed by atoms with van der Waals surface area (Å²) in [5.74, 6) is -1.22. The van der Waals surface area contributed by atoms with Crippen molar-refractivity contribution in [1.82, 2.24) is 14.3 Å². The van der Waals surface area contributed by atoms with Crippen molar-refractivity contribution >= 4 is 31.9 Å². The second kappa shape index (κ2) is 5.15. The Morgan fingerprint density at radius 2 is 2.29 bits per heavy atom. The Bertz CT molecular complexity index is 525. The van der Waals surface area contributed by atoms with Crippen LogP contribution in [0.5, 0.6) is 0 Å². The highest BCUT2D eigenvalue weighted by Crippen LogP contribution is 2.14. The van der Waals surface area contributed by atoms with Crippen molar-refractivity contribution in [3.8, 4) is 0 Å². The van der Waals surface area contributed by atoms with Crippen molar-refractivity contribution in [1.29, 1.82) is 0 Å². The van der Waals surface area contributed by atoms with Gasteiger partial charge in [-0.3, -0.25) is 4.79 Å². The van der Waals surface area contributed by atoms with Gasteiger partial charge < -0.3 is 9.67 Å². The SMILES string of the molecule is CC[C@@H](NS(=O)(=O)c1ncc(Br)n1C)C(=O)O. The minimum atomic E-state index is -3.94. The van der Waals surface area contributed by atoms with Crippen LogP contribution in [0.15, 0.2) is 16.0 Å². The van der Waals surface area contributed by atoms with Crippen LogP contribution in [-0.4, -0.2) is 35.1 Å². The van der Waals surface area contributed by atoms with Gasteiger partial charge in [0, 0.05) is 7.05 Å². The average Bonchev–Trinajstić information content (AvgIpc) is 2.56. The van der Waals surface area contributed by atoms with Gasteiger partial charge in [-0.05, 0) is 22.4 Å². The van der Waals surface area contributed by atoms with Crippen LogP contribution in [0.3, 0.4) is 0 Å². The first-order valence-corrected chi connectivity index (χ1v) is 6.99. The molecule has 0 unspecified atom stereocenters. The molecule has 7 nitrogen and oxygen atoms in total. The summed E-state index contributed by atoms with van der Waals surface area (Å²) in [5.41, 5.74) is 0. The number of aliphatic carboxylic acids is 1. The predicted octanol–water partition coefficient (Wildman–Crippen LogP) is 0.324. The molecule has 1 aromatic heterocycles. The van der Waals surface area contributed by atoms with Crippen LogP contribution in [-0.2, 0) is 21.9 Å². The molecule has 9 heteroatoms. The number of carboxylic acid groups (broad SMARTS) is 1. The Kier molecular flexibility index (Phi) is 4.28. The van der Waals surface area contributed by atoms with Gasteiger partial charge >= 0.3 is 5.97 Å². The number of carbonyl (C=O) groups is 1. The number of carboxylic acids is 1. The number of hydrogen-bond acceptors (Lipinski definition) is 4. The van der Waals surface area contributed by atoms with Gasteiger partial charge in [-0.1, -0.05) is 6.92 Å². The van der Waals surface area contributed by atoms with Crippen LogP contribution >= 0.6 is 15.9 Å². The fourth-order valence-corrected chi connectivity index (χ4v) is 2.96. The van der Waals surface area contributed by atoms with Crippen LogP contribution in [0, 0.1) is 0 Å². The van der Waals surface area contributed by atoms with E-state index in [2.05, 4.69) is 25.6 Å². The maximum atomic E-state index is 11.9. The molecule has 0 aliphatic heterocycles. The zero-order valence-corrected chi connectivity index (χ0v) is 11.6. The maximum Gasteiger partial charge on any atom is 0.321 e. The molecule has 0 radical (unpaired) electrons. The summed E-state index contributed by atoms with van der Waals surface area (Å²) in [5, 5.41) is 8.56. The Labute approximate surface area is 107 Å². The quantitative estimate of drug-likeness (QED) is 0.812. The summed E-state index contributed by atoms with van der Waals surface area (Å²) >= 11 is 3.11. The van der Waals surface area contributed by atoms with Gasteiger partial charge in [0.15, 0.2) is 0 Å². The molecule has 0 fully saturated rings. The molecule has 1 atom stereocenters. The van der Waals surface area contributed by atoms with E-state index >= 15 is 0 Å². The molecule has 1 heterocycles. The summed E-state index contributed by atoms with van der Waals surface area (Å²) in [4.78, 5) is 14.5. The lowest BCUT2D eigenvalue weighted by Crippen LogP contribution is -2.41. The van der Waals surface area contributed by atoms with Crippen LogP contribution in [0.2, 0.25) is 0 Å². The summed E-state index contributed by atoms with van der Waals surface area (Å²) in [6, 6.07) is -1.16. The second-order valence-corrected chi connectivity index (χ2v) is 5.76. The Morgan fingerprint density at radius 3 is 2.65 bits per heavy atom. The minimum Gasteiger partial charge on any atom is -0.480 e. The Hall–Kier alpha value is -0.930. The van der Waals surface area contributed by atoms with Crippen molar-refractivity contribution in [3.63, 3.8) is 0 Å². The third kappa shape index (κ3) is 3.05. The van der Waals surface area contributed by atoms with Crippen molar-refractivity contribution in [2.24, 2.45) is 7.05 Å². The van der Waals surface area contributed by atoms with Gasteiger partial charge in [0.1, 0.15) is 10.6 Å². The molecule has 0 bridgehead atoms. The predicted molar refractivity (Wildman–Crippen MR) is 62.9 cm³/mol. The normalized spacial score (nSPS) is 13.6. The van der Waals surface area contributed by atoms with E-state index in [1.165, 1.54) is 17.8 Å². The minimum absolute atomic E-state index is 0.153. The van der Waals surface area contributed by atoms with Gasteiger partial charge in [-0.2, -0.15) is 4.72 Å². The van der Waals surface area contributed by atoms with Crippen LogP contribution < -0.4 is 4.72 Å². The lowest BCUT2D eigenvalue weighted by atomic mass is 10.2. The Morgan fingerprint density at radius 1 is 1.71 bits per heavy atom. The fraction of sp³-hybridized carbons (Fsp3) is 0.500. The van der Waals surface area contributed by atoms with E-state index in [9.17, 15) is 13.2 Å². The molecule has 0 aliphatic carbocycles. The number of imidazole rings is 1. The lowest BCUT2D eigenvalue weighted by molar-refractivity contribution is -0.139. The third-order valence-electron chi connectivity index (χ3n) is 2.13. The molecular formula is C8H12BrN3O4S. The van der Waals surface area contributed by atoms with Gasteiger partial charge in [0.2, 0.25) is 5.16 Å². The molecule has 17 heavy (non-hydrogen) atoms. The third-order valence-corrected chi connectivity index (χ3v) is 4.32. The van der Waals surface area contributed by atoms with E-state index in [1.54, 1.807) is 6.92 Å².